The van der Waals surface area contributed by atoms with Gasteiger partial charge in [0.2, 0.25) is 5.75 Å². The Morgan fingerprint density at radius 3 is 1.94 bits per heavy atom. The summed E-state index contributed by atoms with van der Waals surface area (Å²) in [5, 5.41) is 3.47. The highest BCUT2D eigenvalue weighted by atomic mass is 35.5. The third-order valence-electron chi connectivity index (χ3n) is 5.03. The number of carbonyl (C=O) groups excluding carboxylic acids is 1. The van der Waals surface area contributed by atoms with Crippen LogP contribution in [0.4, 0.5) is 10.1 Å². The highest BCUT2D eigenvalue weighted by Gasteiger charge is 2.13. The number of nitrogens with one attached hydrogen (secondary N) is 1. The number of benzene rings is 3. The number of ketones is 1. The summed E-state index contributed by atoms with van der Waals surface area (Å²) in [5.74, 6) is 0.731. The Morgan fingerprint density at radius 1 is 0.829 bits per heavy atom. The molecule has 0 spiro atoms. The van der Waals surface area contributed by atoms with Crippen LogP contribution in [0.2, 0.25) is 5.02 Å². The van der Waals surface area contributed by atoms with Gasteiger partial charge in [0.1, 0.15) is 0 Å². The van der Waals surface area contributed by atoms with Gasteiger partial charge < -0.3 is 24.3 Å². The standard InChI is InChI=1S/C27H25ClFNO5/c1-32-24-15-18(16-25(33-2)27(24)35-4)6-5-17-13-21(29)26(34-3)22(14-17)30-12-11-23(31)19-7-9-20(28)10-8-19/h5-16,30H,1-4H3. The maximum atomic E-state index is 14.7. The van der Waals surface area contributed by atoms with Crippen molar-refractivity contribution in [2.75, 3.05) is 33.8 Å². The predicted octanol–water partition coefficient (Wildman–Crippen LogP) is 6.49. The minimum absolute atomic E-state index is 0.0264. The van der Waals surface area contributed by atoms with E-state index in [1.54, 1.807) is 54.6 Å². The number of allylic oxidation sites excluding steroid dienone is 1. The topological polar surface area (TPSA) is 66.0 Å². The molecule has 0 fully saturated rings. The van der Waals surface area contributed by atoms with Crippen molar-refractivity contribution in [3.63, 3.8) is 0 Å². The van der Waals surface area contributed by atoms with E-state index in [1.165, 1.54) is 46.8 Å². The quantitative estimate of drug-likeness (QED) is 0.196. The van der Waals surface area contributed by atoms with Gasteiger partial charge in [0, 0.05) is 22.9 Å². The van der Waals surface area contributed by atoms with Crippen molar-refractivity contribution in [3.8, 4) is 23.0 Å². The molecular formula is C27H25ClFNO5. The van der Waals surface area contributed by atoms with Crippen LogP contribution in [0.1, 0.15) is 21.5 Å². The van der Waals surface area contributed by atoms with Crippen LogP contribution in [-0.2, 0) is 0 Å². The molecule has 3 aromatic rings. The van der Waals surface area contributed by atoms with Crippen LogP contribution in [0.25, 0.3) is 12.2 Å². The van der Waals surface area contributed by atoms with E-state index in [0.717, 1.165) is 5.56 Å². The number of carbonyl (C=O) groups is 1. The smallest absolute Gasteiger partial charge is 0.203 e. The number of anilines is 1. The van der Waals surface area contributed by atoms with Crippen molar-refractivity contribution >= 4 is 35.2 Å². The monoisotopic (exact) mass is 497 g/mol. The van der Waals surface area contributed by atoms with E-state index >= 15 is 0 Å². The average Bonchev–Trinajstić information content (AvgIpc) is 2.86. The second kappa shape index (κ2) is 11.9. The second-order valence-electron chi connectivity index (χ2n) is 7.22. The van der Waals surface area contributed by atoms with E-state index in [2.05, 4.69) is 5.32 Å². The summed E-state index contributed by atoms with van der Waals surface area (Å²) in [4.78, 5) is 12.3. The Hall–Kier alpha value is -3.97. The number of methoxy groups -OCH3 is 4. The Bertz CT molecular complexity index is 1230. The highest BCUT2D eigenvalue weighted by molar-refractivity contribution is 6.30. The van der Waals surface area contributed by atoms with Crippen molar-refractivity contribution in [3.05, 3.63) is 88.3 Å². The van der Waals surface area contributed by atoms with E-state index in [4.69, 9.17) is 30.5 Å². The lowest BCUT2D eigenvalue weighted by Gasteiger charge is -2.13. The molecule has 0 saturated carbocycles. The fourth-order valence-corrected chi connectivity index (χ4v) is 3.46. The first kappa shape index (κ1) is 25.6. The van der Waals surface area contributed by atoms with Gasteiger partial charge >= 0.3 is 0 Å². The number of halogens is 2. The number of rotatable bonds is 10. The first-order valence-electron chi connectivity index (χ1n) is 10.5. The molecule has 0 aliphatic carbocycles. The van der Waals surface area contributed by atoms with Crippen molar-refractivity contribution in [2.45, 2.75) is 0 Å². The molecule has 6 nitrogen and oxygen atoms in total. The first-order valence-corrected chi connectivity index (χ1v) is 10.9. The minimum Gasteiger partial charge on any atom is -0.493 e. The summed E-state index contributed by atoms with van der Waals surface area (Å²) < 4.78 is 36.0. The summed E-state index contributed by atoms with van der Waals surface area (Å²) >= 11 is 5.86. The van der Waals surface area contributed by atoms with Crippen LogP contribution in [0.5, 0.6) is 23.0 Å². The average molecular weight is 498 g/mol. The second-order valence-corrected chi connectivity index (χ2v) is 7.66. The number of hydrogen-bond donors (Lipinski definition) is 1. The SMILES string of the molecule is COc1cc(C=Cc2cc(F)c(OC)c(NC=CC(=O)c3ccc(Cl)cc3)c2)cc(OC)c1OC. The molecule has 8 heteroatoms. The van der Waals surface area contributed by atoms with Crippen LogP contribution in [-0.4, -0.2) is 34.2 Å². The van der Waals surface area contributed by atoms with E-state index in [9.17, 15) is 9.18 Å². The van der Waals surface area contributed by atoms with E-state index in [-0.39, 0.29) is 11.5 Å². The number of hydrogen-bond acceptors (Lipinski definition) is 6. The molecule has 0 unspecified atom stereocenters. The lowest BCUT2D eigenvalue weighted by Crippen LogP contribution is -1.99. The van der Waals surface area contributed by atoms with Gasteiger partial charge in [-0.3, -0.25) is 4.79 Å². The minimum atomic E-state index is -0.556. The van der Waals surface area contributed by atoms with Crippen molar-refractivity contribution in [2.24, 2.45) is 0 Å². The van der Waals surface area contributed by atoms with E-state index in [1.807, 2.05) is 0 Å². The molecular weight excluding hydrogens is 473 g/mol. The van der Waals surface area contributed by atoms with Crippen molar-refractivity contribution < 1.29 is 28.1 Å². The zero-order chi connectivity index (χ0) is 25.4. The molecule has 1 N–H and O–H groups in total. The summed E-state index contributed by atoms with van der Waals surface area (Å²) in [5.41, 5.74) is 2.17. The molecule has 0 saturated heterocycles. The molecule has 0 atom stereocenters. The zero-order valence-corrected chi connectivity index (χ0v) is 20.5. The maximum Gasteiger partial charge on any atom is 0.203 e. The molecule has 0 amide bonds. The Morgan fingerprint density at radius 2 is 1.40 bits per heavy atom. The van der Waals surface area contributed by atoms with Crippen LogP contribution in [0.3, 0.4) is 0 Å². The normalized spacial score (nSPS) is 11.0. The van der Waals surface area contributed by atoms with Crippen LogP contribution in [0.15, 0.2) is 60.8 Å². The van der Waals surface area contributed by atoms with Gasteiger partial charge in [-0.25, -0.2) is 4.39 Å². The maximum absolute atomic E-state index is 14.7. The predicted molar refractivity (Wildman–Crippen MR) is 137 cm³/mol. The molecule has 3 aromatic carbocycles. The van der Waals surface area contributed by atoms with E-state index < -0.39 is 5.82 Å². The molecule has 0 bridgehead atoms. The molecule has 0 heterocycles. The Kier molecular flexibility index (Phi) is 8.75. The lowest BCUT2D eigenvalue weighted by atomic mass is 10.1. The molecule has 0 radical (unpaired) electrons. The highest BCUT2D eigenvalue weighted by Crippen LogP contribution is 2.39. The van der Waals surface area contributed by atoms with Gasteiger partial charge in [-0.15, -0.1) is 0 Å². The molecule has 0 aromatic heterocycles. The lowest BCUT2D eigenvalue weighted by molar-refractivity contribution is 0.104. The summed E-state index contributed by atoms with van der Waals surface area (Å²) in [6.45, 7) is 0. The van der Waals surface area contributed by atoms with Gasteiger partial charge in [-0.1, -0.05) is 23.8 Å². The third kappa shape index (κ3) is 6.33. The Labute approximate surface area is 208 Å². The third-order valence-corrected chi connectivity index (χ3v) is 5.28. The van der Waals surface area contributed by atoms with Gasteiger partial charge in [0.15, 0.2) is 28.8 Å². The van der Waals surface area contributed by atoms with E-state index in [0.29, 0.717) is 39.1 Å². The molecule has 182 valence electrons. The summed E-state index contributed by atoms with van der Waals surface area (Å²) in [6, 6.07) is 13.1. The Balaban J connectivity index is 1.85. The van der Waals surface area contributed by atoms with Crippen LogP contribution < -0.4 is 24.3 Å². The van der Waals surface area contributed by atoms with Crippen LogP contribution >= 0.6 is 11.6 Å². The largest absolute Gasteiger partial charge is 0.493 e. The molecule has 3 rings (SSSR count). The fraction of sp³-hybridized carbons (Fsp3) is 0.148. The fourth-order valence-electron chi connectivity index (χ4n) is 3.33. The van der Waals surface area contributed by atoms with Crippen LogP contribution in [0, 0.1) is 5.82 Å². The number of ether oxygens (including phenoxy) is 4. The van der Waals surface area contributed by atoms with Crippen molar-refractivity contribution in [1.82, 2.24) is 0 Å². The van der Waals surface area contributed by atoms with Gasteiger partial charge in [-0.2, -0.15) is 0 Å². The van der Waals surface area contributed by atoms with Crippen molar-refractivity contribution in [1.29, 1.82) is 0 Å². The molecule has 35 heavy (non-hydrogen) atoms. The van der Waals surface area contributed by atoms with Gasteiger partial charge in [0.25, 0.3) is 0 Å². The van der Waals surface area contributed by atoms with Gasteiger partial charge in [0.05, 0.1) is 34.1 Å². The molecule has 0 aliphatic heterocycles. The first-order chi connectivity index (χ1) is 16.9. The summed E-state index contributed by atoms with van der Waals surface area (Å²) in [6.07, 6.45) is 6.30. The zero-order valence-electron chi connectivity index (χ0n) is 19.7. The van der Waals surface area contributed by atoms with Gasteiger partial charge in [-0.05, 0) is 59.7 Å². The molecule has 0 aliphatic rings. The summed E-state index contributed by atoms with van der Waals surface area (Å²) in [7, 11) is 5.97.